The Balaban J connectivity index is 1.45. The molecule has 7 nitrogen and oxygen atoms in total. The van der Waals surface area contributed by atoms with E-state index in [1.807, 2.05) is 36.3 Å². The molecular weight excluding hydrogens is 402 g/mol. The van der Waals surface area contributed by atoms with Gasteiger partial charge < -0.3 is 14.7 Å². The summed E-state index contributed by atoms with van der Waals surface area (Å²) in [6, 6.07) is 8.24. The van der Waals surface area contributed by atoms with E-state index in [9.17, 15) is 13.5 Å². The molecule has 1 unspecified atom stereocenters. The van der Waals surface area contributed by atoms with Crippen molar-refractivity contribution in [3.63, 3.8) is 0 Å². The van der Waals surface area contributed by atoms with Crippen molar-refractivity contribution in [1.29, 1.82) is 0 Å². The molecule has 1 fully saturated rings. The van der Waals surface area contributed by atoms with Crippen LogP contribution in [0.3, 0.4) is 0 Å². The molecule has 8 heteroatoms. The molecule has 4 rings (SSSR count). The van der Waals surface area contributed by atoms with E-state index in [1.165, 1.54) is 5.56 Å². The van der Waals surface area contributed by atoms with Crippen LogP contribution in [0.15, 0.2) is 36.7 Å². The first-order valence-corrected chi connectivity index (χ1v) is 12.1. The van der Waals surface area contributed by atoms with Gasteiger partial charge in [0.05, 0.1) is 11.9 Å². The Morgan fingerprint density at radius 2 is 1.90 bits per heavy atom. The van der Waals surface area contributed by atoms with Gasteiger partial charge in [-0.25, -0.2) is 12.7 Å². The SMILES string of the molecule is CCS(=O)(=O)N1CCC(Oc2cncc(-c3ccc4c(c3)CCC(O)N4C)c2)CC1. The first-order chi connectivity index (χ1) is 14.4. The molecule has 162 valence electrons. The van der Waals surface area contributed by atoms with Gasteiger partial charge in [-0.2, -0.15) is 0 Å². The fourth-order valence-corrected chi connectivity index (χ4v) is 5.32. The average molecular weight is 432 g/mol. The number of aliphatic hydroxyl groups is 1. The Morgan fingerprint density at radius 3 is 2.63 bits per heavy atom. The molecule has 0 saturated carbocycles. The lowest BCUT2D eigenvalue weighted by Crippen LogP contribution is -2.42. The number of benzene rings is 1. The number of ether oxygens (including phenoxy) is 1. The molecule has 3 heterocycles. The summed E-state index contributed by atoms with van der Waals surface area (Å²) in [5.41, 5.74) is 4.33. The highest BCUT2D eigenvalue weighted by molar-refractivity contribution is 7.89. The Bertz CT molecular complexity index is 1000. The summed E-state index contributed by atoms with van der Waals surface area (Å²) < 4.78 is 31.7. The van der Waals surface area contributed by atoms with E-state index in [-0.39, 0.29) is 11.9 Å². The smallest absolute Gasteiger partial charge is 0.213 e. The molecule has 1 aromatic carbocycles. The summed E-state index contributed by atoms with van der Waals surface area (Å²) in [7, 11) is -1.22. The highest BCUT2D eigenvalue weighted by atomic mass is 32.2. The predicted octanol–water partition coefficient (Wildman–Crippen LogP) is 2.64. The van der Waals surface area contributed by atoms with Crippen LogP contribution >= 0.6 is 0 Å². The number of nitrogens with zero attached hydrogens (tertiary/aromatic N) is 3. The Kier molecular flexibility index (Phi) is 5.99. The number of aryl methyl sites for hydroxylation is 1. The van der Waals surface area contributed by atoms with Crippen LogP contribution in [0.1, 0.15) is 31.7 Å². The maximum atomic E-state index is 12.0. The van der Waals surface area contributed by atoms with E-state index in [0.29, 0.717) is 31.7 Å². The Labute approximate surface area is 178 Å². The van der Waals surface area contributed by atoms with Gasteiger partial charge in [-0.1, -0.05) is 6.07 Å². The lowest BCUT2D eigenvalue weighted by Gasteiger charge is -2.32. The van der Waals surface area contributed by atoms with Gasteiger partial charge in [-0.3, -0.25) is 4.98 Å². The van der Waals surface area contributed by atoms with E-state index >= 15 is 0 Å². The summed E-state index contributed by atoms with van der Waals surface area (Å²) >= 11 is 0. The van der Waals surface area contributed by atoms with Crippen molar-refractivity contribution in [3.05, 3.63) is 42.2 Å². The number of hydrogen-bond donors (Lipinski definition) is 1. The molecular formula is C22H29N3O4S. The highest BCUT2D eigenvalue weighted by Crippen LogP contribution is 2.33. The average Bonchev–Trinajstić information content (AvgIpc) is 2.77. The predicted molar refractivity (Wildman–Crippen MR) is 117 cm³/mol. The summed E-state index contributed by atoms with van der Waals surface area (Å²) in [4.78, 5) is 6.26. The number of anilines is 1. The molecule has 0 spiro atoms. The molecule has 1 atom stereocenters. The Hall–Kier alpha value is -2.16. The number of hydrogen-bond acceptors (Lipinski definition) is 6. The minimum atomic E-state index is -3.13. The van der Waals surface area contributed by atoms with Gasteiger partial charge in [0.2, 0.25) is 10.0 Å². The molecule has 0 bridgehead atoms. The van der Waals surface area contributed by atoms with Gasteiger partial charge in [0.15, 0.2) is 0 Å². The second-order valence-electron chi connectivity index (χ2n) is 8.00. The molecule has 30 heavy (non-hydrogen) atoms. The molecule has 1 saturated heterocycles. The third-order valence-corrected chi connectivity index (χ3v) is 7.97. The number of sulfonamides is 1. The van der Waals surface area contributed by atoms with Gasteiger partial charge in [-0.05, 0) is 61.9 Å². The molecule has 0 amide bonds. The van der Waals surface area contributed by atoms with Crippen LogP contribution in [0.25, 0.3) is 11.1 Å². The van der Waals surface area contributed by atoms with Crippen LogP contribution in [0.2, 0.25) is 0 Å². The van der Waals surface area contributed by atoms with Gasteiger partial charge in [0.1, 0.15) is 18.1 Å². The second kappa shape index (κ2) is 8.53. The summed E-state index contributed by atoms with van der Waals surface area (Å²) in [6.07, 6.45) is 6.02. The van der Waals surface area contributed by atoms with Crippen molar-refractivity contribution in [2.45, 2.75) is 44.9 Å². The fourth-order valence-electron chi connectivity index (χ4n) is 4.19. The van der Waals surface area contributed by atoms with Crippen LogP contribution in [0.5, 0.6) is 5.75 Å². The summed E-state index contributed by atoms with van der Waals surface area (Å²) in [6.45, 7) is 2.67. The molecule has 2 aliphatic heterocycles. The van der Waals surface area contributed by atoms with Crippen LogP contribution in [0, 0.1) is 0 Å². The maximum absolute atomic E-state index is 12.0. The first-order valence-electron chi connectivity index (χ1n) is 10.5. The zero-order valence-corrected chi connectivity index (χ0v) is 18.3. The van der Waals surface area contributed by atoms with Crippen molar-refractivity contribution in [3.8, 4) is 16.9 Å². The molecule has 2 aromatic rings. The lowest BCUT2D eigenvalue weighted by atomic mass is 9.96. The van der Waals surface area contributed by atoms with Gasteiger partial charge >= 0.3 is 0 Å². The van der Waals surface area contributed by atoms with Crippen LogP contribution in [0.4, 0.5) is 5.69 Å². The quantitative estimate of drug-likeness (QED) is 0.784. The molecule has 2 aliphatic rings. The van der Waals surface area contributed by atoms with Crippen molar-refractivity contribution in [2.75, 3.05) is 30.8 Å². The van der Waals surface area contributed by atoms with E-state index in [2.05, 4.69) is 11.1 Å². The van der Waals surface area contributed by atoms with Gasteiger partial charge in [0, 0.05) is 37.6 Å². The topological polar surface area (TPSA) is 83.0 Å². The van der Waals surface area contributed by atoms with Crippen molar-refractivity contribution in [2.24, 2.45) is 0 Å². The normalized spacial score (nSPS) is 20.8. The number of fused-ring (bicyclic) bond motifs is 1. The number of rotatable bonds is 5. The number of pyridine rings is 1. The van der Waals surface area contributed by atoms with E-state index in [0.717, 1.165) is 29.7 Å². The minimum absolute atomic E-state index is 0.0102. The number of aliphatic hydroxyl groups excluding tert-OH is 1. The maximum Gasteiger partial charge on any atom is 0.213 e. The third-order valence-electron chi connectivity index (χ3n) is 6.09. The highest BCUT2D eigenvalue weighted by Gasteiger charge is 2.27. The van der Waals surface area contributed by atoms with Crippen LogP contribution in [-0.4, -0.2) is 61.0 Å². The third kappa shape index (κ3) is 4.31. The van der Waals surface area contributed by atoms with E-state index < -0.39 is 16.3 Å². The van der Waals surface area contributed by atoms with E-state index in [4.69, 9.17) is 4.74 Å². The fraction of sp³-hybridized carbons (Fsp3) is 0.500. The van der Waals surface area contributed by atoms with Crippen molar-refractivity contribution >= 4 is 15.7 Å². The lowest BCUT2D eigenvalue weighted by molar-refractivity contribution is 0.135. The molecule has 1 aromatic heterocycles. The number of aromatic nitrogens is 1. The zero-order valence-electron chi connectivity index (χ0n) is 17.5. The van der Waals surface area contributed by atoms with Gasteiger partial charge in [-0.15, -0.1) is 0 Å². The monoisotopic (exact) mass is 431 g/mol. The standard InChI is InChI=1S/C22H29N3O4S/c1-3-30(27,28)25-10-8-19(9-11-25)29-20-13-18(14-23-15-20)16-4-6-21-17(12-16)5-7-22(26)24(21)2/h4,6,12-15,19,22,26H,3,5,7-11H2,1-2H3. The van der Waals surface area contributed by atoms with E-state index in [1.54, 1.807) is 17.4 Å². The summed E-state index contributed by atoms with van der Waals surface area (Å²) in [5.74, 6) is 0.842. The molecule has 0 radical (unpaired) electrons. The molecule has 1 N–H and O–H groups in total. The first kappa shape index (κ1) is 21.1. The van der Waals surface area contributed by atoms with Crippen LogP contribution in [-0.2, 0) is 16.4 Å². The van der Waals surface area contributed by atoms with Crippen molar-refractivity contribution in [1.82, 2.24) is 9.29 Å². The second-order valence-corrected chi connectivity index (χ2v) is 10.3. The Morgan fingerprint density at radius 1 is 1.13 bits per heavy atom. The largest absolute Gasteiger partial charge is 0.489 e. The van der Waals surface area contributed by atoms with Crippen molar-refractivity contribution < 1.29 is 18.3 Å². The van der Waals surface area contributed by atoms with Gasteiger partial charge in [0.25, 0.3) is 0 Å². The minimum Gasteiger partial charge on any atom is -0.489 e. The van der Waals surface area contributed by atoms with Crippen LogP contribution < -0.4 is 9.64 Å². The zero-order chi connectivity index (χ0) is 21.3. The number of piperidine rings is 1. The summed E-state index contributed by atoms with van der Waals surface area (Å²) in [5, 5.41) is 10.0. The molecule has 0 aliphatic carbocycles.